The van der Waals surface area contributed by atoms with Gasteiger partial charge in [-0.1, -0.05) is 0 Å². The van der Waals surface area contributed by atoms with Gasteiger partial charge >= 0.3 is 0 Å². The summed E-state index contributed by atoms with van der Waals surface area (Å²) in [4.78, 5) is 4.41. The molecule has 28 heavy (non-hydrogen) atoms. The number of phenols is 1. The predicted molar refractivity (Wildman–Crippen MR) is 110 cm³/mol. The van der Waals surface area contributed by atoms with Crippen LogP contribution in [0.2, 0.25) is 0 Å². The van der Waals surface area contributed by atoms with Gasteiger partial charge in [0.25, 0.3) is 0 Å². The molecule has 3 aromatic rings. The molecular formula is C20H21ClN6O. The number of anilines is 1. The molecule has 0 radical (unpaired) electrons. The number of halogens is 1. The second-order valence-corrected chi connectivity index (χ2v) is 6.70. The fourth-order valence-corrected chi connectivity index (χ4v) is 3.45. The van der Waals surface area contributed by atoms with Crippen molar-refractivity contribution in [2.75, 3.05) is 12.3 Å². The third kappa shape index (κ3) is 3.52. The van der Waals surface area contributed by atoms with Gasteiger partial charge in [0.05, 0.1) is 17.1 Å². The van der Waals surface area contributed by atoms with E-state index in [1.807, 2.05) is 23.7 Å². The van der Waals surface area contributed by atoms with Gasteiger partial charge in [-0.05, 0) is 55.8 Å². The number of nitriles is 1. The van der Waals surface area contributed by atoms with E-state index in [-0.39, 0.29) is 24.0 Å². The molecule has 144 valence electrons. The van der Waals surface area contributed by atoms with E-state index in [0.717, 1.165) is 48.6 Å². The second-order valence-electron chi connectivity index (χ2n) is 6.70. The second kappa shape index (κ2) is 7.89. The first kappa shape index (κ1) is 19.7. The number of hydrogen-bond donors (Lipinski definition) is 3. The molecule has 4 N–H and O–H groups in total. The van der Waals surface area contributed by atoms with Crippen LogP contribution in [-0.2, 0) is 13.1 Å². The first-order valence-electron chi connectivity index (χ1n) is 8.85. The van der Waals surface area contributed by atoms with E-state index < -0.39 is 0 Å². The van der Waals surface area contributed by atoms with Crippen LogP contribution in [0.25, 0.3) is 22.5 Å². The van der Waals surface area contributed by atoms with Gasteiger partial charge in [-0.15, -0.1) is 12.4 Å². The molecule has 7 nitrogen and oxygen atoms in total. The number of aromatic nitrogens is 3. The number of nitrogens with one attached hydrogen (secondary N) is 1. The minimum Gasteiger partial charge on any atom is -0.508 e. The number of pyridine rings is 1. The lowest BCUT2D eigenvalue weighted by atomic mass is 9.99. The van der Waals surface area contributed by atoms with Crippen molar-refractivity contribution in [3.8, 4) is 34.3 Å². The average Bonchev–Trinajstić information content (AvgIpc) is 2.91. The number of nitrogens with zero attached hydrogens (tertiary/aromatic N) is 4. The molecule has 8 heteroatoms. The highest BCUT2D eigenvalue weighted by Crippen LogP contribution is 2.33. The monoisotopic (exact) mass is 396 g/mol. The summed E-state index contributed by atoms with van der Waals surface area (Å²) in [7, 11) is 0. The maximum atomic E-state index is 9.66. The highest BCUT2D eigenvalue weighted by atomic mass is 35.5. The van der Waals surface area contributed by atoms with Crippen LogP contribution in [0.15, 0.2) is 30.3 Å². The van der Waals surface area contributed by atoms with Crippen molar-refractivity contribution in [1.82, 2.24) is 20.1 Å². The van der Waals surface area contributed by atoms with Gasteiger partial charge < -0.3 is 16.2 Å². The third-order valence-electron chi connectivity index (χ3n) is 4.81. The van der Waals surface area contributed by atoms with Crippen LogP contribution in [-0.4, -0.2) is 26.4 Å². The summed E-state index contributed by atoms with van der Waals surface area (Å²) >= 11 is 0. The Balaban J connectivity index is 0.00000225. The summed E-state index contributed by atoms with van der Waals surface area (Å²) in [6, 6.07) is 11.1. The highest BCUT2D eigenvalue weighted by molar-refractivity contribution is 5.85. The Hall–Kier alpha value is -3.08. The summed E-state index contributed by atoms with van der Waals surface area (Å²) in [6.45, 7) is 4.46. The maximum Gasteiger partial charge on any atom is 0.142 e. The Morgan fingerprint density at radius 1 is 1.21 bits per heavy atom. The lowest BCUT2D eigenvalue weighted by Crippen LogP contribution is -2.11. The molecule has 0 saturated carbocycles. The van der Waals surface area contributed by atoms with Crippen molar-refractivity contribution in [3.05, 3.63) is 47.2 Å². The molecule has 0 saturated heterocycles. The largest absolute Gasteiger partial charge is 0.508 e. The van der Waals surface area contributed by atoms with Crippen molar-refractivity contribution in [2.45, 2.75) is 26.4 Å². The van der Waals surface area contributed by atoms with Crippen LogP contribution >= 0.6 is 12.4 Å². The number of rotatable bonds is 2. The van der Waals surface area contributed by atoms with E-state index in [1.165, 1.54) is 0 Å². The van der Waals surface area contributed by atoms with Crippen LogP contribution in [0.3, 0.4) is 0 Å². The van der Waals surface area contributed by atoms with Crippen LogP contribution in [0.1, 0.15) is 23.2 Å². The quantitative estimate of drug-likeness (QED) is 0.613. The Morgan fingerprint density at radius 2 is 2.04 bits per heavy atom. The summed E-state index contributed by atoms with van der Waals surface area (Å²) in [5, 5.41) is 27.4. The van der Waals surface area contributed by atoms with Crippen molar-refractivity contribution in [3.63, 3.8) is 0 Å². The normalized spacial score (nSPS) is 13.1. The van der Waals surface area contributed by atoms with Crippen LogP contribution in [0.4, 0.5) is 5.82 Å². The smallest absolute Gasteiger partial charge is 0.142 e. The first-order chi connectivity index (χ1) is 13.1. The van der Waals surface area contributed by atoms with Crippen molar-refractivity contribution >= 4 is 18.2 Å². The lowest BCUT2D eigenvalue weighted by Gasteiger charge is -2.10. The van der Waals surface area contributed by atoms with Crippen molar-refractivity contribution < 1.29 is 5.11 Å². The molecular weight excluding hydrogens is 376 g/mol. The van der Waals surface area contributed by atoms with Gasteiger partial charge in [-0.3, -0.25) is 4.68 Å². The molecule has 0 aliphatic carbocycles. The third-order valence-corrected chi connectivity index (χ3v) is 4.81. The summed E-state index contributed by atoms with van der Waals surface area (Å²) in [6.07, 6.45) is 1.01. The predicted octanol–water partition coefficient (Wildman–Crippen LogP) is 3.00. The minimum atomic E-state index is 0. The number of aromatic hydroxyl groups is 1. The summed E-state index contributed by atoms with van der Waals surface area (Å²) in [5.74, 6) is 0.377. The van der Waals surface area contributed by atoms with Gasteiger partial charge in [0.1, 0.15) is 23.2 Å². The molecule has 0 atom stereocenters. The molecule has 1 aromatic carbocycles. The zero-order valence-electron chi connectivity index (χ0n) is 15.4. The summed E-state index contributed by atoms with van der Waals surface area (Å²) in [5.41, 5.74) is 11.3. The average molecular weight is 397 g/mol. The van der Waals surface area contributed by atoms with E-state index in [4.69, 9.17) is 10.8 Å². The highest BCUT2D eigenvalue weighted by Gasteiger charge is 2.19. The van der Waals surface area contributed by atoms with Crippen molar-refractivity contribution in [2.24, 2.45) is 0 Å². The minimum absolute atomic E-state index is 0. The lowest BCUT2D eigenvalue weighted by molar-refractivity contribution is 0.475. The van der Waals surface area contributed by atoms with E-state index in [1.54, 1.807) is 18.2 Å². The number of aryl methyl sites for hydroxylation is 2. The number of nitrogen functional groups attached to an aromatic ring is 1. The summed E-state index contributed by atoms with van der Waals surface area (Å²) < 4.78 is 1.98. The molecule has 0 fully saturated rings. The van der Waals surface area contributed by atoms with E-state index in [0.29, 0.717) is 16.8 Å². The van der Waals surface area contributed by atoms with E-state index >= 15 is 0 Å². The standard InChI is InChI=1S/C20H20N6O.ClH/c1-12-7-14(27)3-4-15(12)18-9-16(17(10-21)20(22)24-18)19-8-13-11-23-5-2-6-26(13)25-19;/h3-4,7-9,23,27H,2,5-6,11H2,1H3,(H2,22,24);1H. The van der Waals surface area contributed by atoms with Gasteiger partial charge in [-0.25, -0.2) is 4.98 Å². The fourth-order valence-electron chi connectivity index (χ4n) is 3.45. The molecule has 1 aliphatic heterocycles. The van der Waals surface area contributed by atoms with Crippen molar-refractivity contribution in [1.29, 1.82) is 5.26 Å². The van der Waals surface area contributed by atoms with Crippen LogP contribution in [0, 0.1) is 18.3 Å². The zero-order chi connectivity index (χ0) is 19.0. The van der Waals surface area contributed by atoms with E-state index in [9.17, 15) is 10.4 Å². The number of nitrogens with two attached hydrogens (primary N) is 1. The fraction of sp³-hybridized carbons (Fsp3) is 0.250. The number of phenolic OH excluding ortho intramolecular Hbond substituents is 1. The van der Waals surface area contributed by atoms with Gasteiger partial charge in [-0.2, -0.15) is 10.4 Å². The maximum absolute atomic E-state index is 9.66. The molecule has 1 aliphatic rings. The van der Waals surface area contributed by atoms with Crippen LogP contribution < -0.4 is 11.1 Å². The molecule has 0 spiro atoms. The molecule has 0 bridgehead atoms. The molecule has 0 amide bonds. The number of benzene rings is 1. The Morgan fingerprint density at radius 3 is 2.79 bits per heavy atom. The Kier molecular flexibility index (Phi) is 5.54. The topological polar surface area (TPSA) is 113 Å². The van der Waals surface area contributed by atoms with Gasteiger partial charge in [0, 0.05) is 24.2 Å². The van der Waals surface area contributed by atoms with Gasteiger partial charge in [0.15, 0.2) is 0 Å². The zero-order valence-corrected chi connectivity index (χ0v) is 16.3. The molecule has 2 aromatic heterocycles. The van der Waals surface area contributed by atoms with Gasteiger partial charge in [0.2, 0.25) is 0 Å². The first-order valence-corrected chi connectivity index (χ1v) is 8.85. The van der Waals surface area contributed by atoms with E-state index in [2.05, 4.69) is 16.4 Å². The molecule has 3 heterocycles. The SMILES string of the molecule is Cc1cc(O)ccc1-c1cc(-c2cc3n(n2)CCCNC3)c(C#N)c(N)n1.Cl. The Bertz CT molecular complexity index is 1050. The Labute approximate surface area is 169 Å². The molecule has 0 unspecified atom stereocenters. The molecule has 4 rings (SSSR count). The number of hydrogen-bond acceptors (Lipinski definition) is 6. The number of fused-ring (bicyclic) bond motifs is 1. The van der Waals surface area contributed by atoms with Crippen LogP contribution in [0.5, 0.6) is 5.75 Å².